The van der Waals surface area contributed by atoms with Gasteiger partial charge in [-0.3, -0.25) is 4.79 Å². The fraction of sp³-hybridized carbons (Fsp3) is 0.579. The first kappa shape index (κ1) is 18.3. The maximum Gasteiger partial charge on any atom is 0.263 e. The Bertz CT molecular complexity index is 818. The van der Waals surface area contributed by atoms with Crippen LogP contribution in [0.15, 0.2) is 12.3 Å². The van der Waals surface area contributed by atoms with Crippen molar-refractivity contribution in [1.29, 1.82) is 0 Å². The third-order valence-corrected chi connectivity index (χ3v) is 6.29. The number of amides is 1. The minimum Gasteiger partial charge on any atom is -0.381 e. The van der Waals surface area contributed by atoms with Gasteiger partial charge in [-0.2, -0.15) is 0 Å². The molecule has 0 bridgehead atoms. The molecule has 1 atom stereocenters. The molecule has 2 fully saturated rings. The molecule has 2 aliphatic heterocycles. The van der Waals surface area contributed by atoms with Crippen LogP contribution in [0.1, 0.15) is 51.2 Å². The molecule has 144 valence electrons. The molecular weight excluding hydrogens is 362 g/mol. The smallest absolute Gasteiger partial charge is 0.263 e. The molecule has 2 aromatic rings. The van der Waals surface area contributed by atoms with Gasteiger partial charge in [-0.05, 0) is 39.2 Å². The summed E-state index contributed by atoms with van der Waals surface area (Å²) in [5, 5.41) is 4.07. The van der Waals surface area contributed by atoms with Crippen LogP contribution in [-0.4, -0.2) is 53.2 Å². The number of rotatable bonds is 4. The van der Waals surface area contributed by atoms with Crippen molar-refractivity contribution >= 4 is 23.2 Å². The second-order valence-corrected chi connectivity index (χ2v) is 8.42. The number of aryl methyl sites for hydroxylation is 2. The standard InChI is InChI=1S/C19H25N5O2S/c1-12-17(27-13(2)21-12)18(25)22-15-4-8-24(11-15)19-20-7-3-16(23-19)14-5-9-26-10-6-14/h3,7,14-15H,4-6,8-11H2,1-2H3,(H,22,25). The van der Waals surface area contributed by atoms with E-state index in [1.165, 1.54) is 11.3 Å². The van der Waals surface area contributed by atoms with Gasteiger partial charge in [0.05, 0.1) is 10.7 Å². The summed E-state index contributed by atoms with van der Waals surface area (Å²) in [6, 6.07) is 2.12. The van der Waals surface area contributed by atoms with E-state index in [0.717, 1.165) is 67.9 Å². The highest BCUT2D eigenvalue weighted by atomic mass is 32.1. The van der Waals surface area contributed by atoms with Crippen LogP contribution in [0.2, 0.25) is 0 Å². The maximum absolute atomic E-state index is 12.5. The second kappa shape index (κ2) is 7.90. The summed E-state index contributed by atoms with van der Waals surface area (Å²) in [5.41, 5.74) is 1.91. The average Bonchev–Trinajstić information content (AvgIpc) is 3.28. The molecule has 7 nitrogen and oxygen atoms in total. The molecule has 1 amide bonds. The first-order valence-corrected chi connectivity index (χ1v) is 10.3. The Kier molecular flexibility index (Phi) is 5.36. The molecule has 2 aromatic heterocycles. The van der Waals surface area contributed by atoms with Crippen molar-refractivity contribution in [2.45, 2.75) is 45.1 Å². The Morgan fingerprint density at radius 3 is 2.81 bits per heavy atom. The molecule has 4 rings (SSSR count). The molecular formula is C19H25N5O2S. The number of carbonyl (C=O) groups is 1. The first-order chi connectivity index (χ1) is 13.1. The van der Waals surface area contributed by atoms with Crippen LogP contribution in [0.4, 0.5) is 5.95 Å². The van der Waals surface area contributed by atoms with E-state index in [0.29, 0.717) is 10.8 Å². The molecule has 2 aliphatic rings. The minimum atomic E-state index is -0.0261. The van der Waals surface area contributed by atoms with E-state index in [2.05, 4.69) is 20.2 Å². The van der Waals surface area contributed by atoms with Gasteiger partial charge in [-0.1, -0.05) is 0 Å². The largest absolute Gasteiger partial charge is 0.381 e. The normalized spacial score (nSPS) is 20.8. The second-order valence-electron chi connectivity index (χ2n) is 7.22. The number of hydrogen-bond donors (Lipinski definition) is 1. The van der Waals surface area contributed by atoms with Gasteiger partial charge < -0.3 is 15.0 Å². The van der Waals surface area contributed by atoms with E-state index in [-0.39, 0.29) is 11.9 Å². The number of carbonyl (C=O) groups excluding carboxylic acids is 1. The third-order valence-electron chi connectivity index (χ3n) is 5.22. The monoisotopic (exact) mass is 387 g/mol. The van der Waals surface area contributed by atoms with Crippen LogP contribution >= 0.6 is 11.3 Å². The number of thiazole rings is 1. The first-order valence-electron chi connectivity index (χ1n) is 9.50. The van der Waals surface area contributed by atoms with Gasteiger partial charge >= 0.3 is 0 Å². The number of hydrogen-bond acceptors (Lipinski definition) is 7. The lowest BCUT2D eigenvalue weighted by Gasteiger charge is -2.23. The van der Waals surface area contributed by atoms with Crippen molar-refractivity contribution in [2.75, 3.05) is 31.2 Å². The van der Waals surface area contributed by atoms with Crippen LogP contribution in [0, 0.1) is 13.8 Å². The summed E-state index contributed by atoms with van der Waals surface area (Å²) < 4.78 is 5.45. The topological polar surface area (TPSA) is 80.2 Å². The molecule has 0 saturated carbocycles. The molecule has 2 saturated heterocycles. The Labute approximate surface area is 163 Å². The van der Waals surface area contributed by atoms with Gasteiger partial charge in [0.25, 0.3) is 5.91 Å². The van der Waals surface area contributed by atoms with Gasteiger partial charge in [0.2, 0.25) is 5.95 Å². The number of anilines is 1. The van der Waals surface area contributed by atoms with Crippen LogP contribution < -0.4 is 10.2 Å². The van der Waals surface area contributed by atoms with Crippen LogP contribution in [0.25, 0.3) is 0 Å². The van der Waals surface area contributed by atoms with E-state index in [9.17, 15) is 4.79 Å². The quantitative estimate of drug-likeness (QED) is 0.868. The average molecular weight is 388 g/mol. The van der Waals surface area contributed by atoms with E-state index < -0.39 is 0 Å². The number of nitrogens with zero attached hydrogens (tertiary/aromatic N) is 4. The lowest BCUT2D eigenvalue weighted by molar-refractivity contribution is 0.0845. The lowest BCUT2D eigenvalue weighted by atomic mass is 9.96. The highest BCUT2D eigenvalue weighted by Gasteiger charge is 2.28. The fourth-order valence-corrected chi connectivity index (χ4v) is 4.61. The molecule has 8 heteroatoms. The van der Waals surface area contributed by atoms with E-state index in [1.807, 2.05) is 26.1 Å². The highest BCUT2D eigenvalue weighted by Crippen LogP contribution is 2.27. The van der Waals surface area contributed by atoms with E-state index >= 15 is 0 Å². The van der Waals surface area contributed by atoms with Gasteiger partial charge in [-0.25, -0.2) is 15.0 Å². The molecule has 0 aliphatic carbocycles. The van der Waals surface area contributed by atoms with Crippen molar-refractivity contribution < 1.29 is 9.53 Å². The van der Waals surface area contributed by atoms with E-state index in [4.69, 9.17) is 9.72 Å². The molecule has 1 N–H and O–H groups in total. The minimum absolute atomic E-state index is 0.0261. The third kappa shape index (κ3) is 4.11. The predicted molar refractivity (Wildman–Crippen MR) is 104 cm³/mol. The van der Waals surface area contributed by atoms with Crippen molar-refractivity contribution in [1.82, 2.24) is 20.3 Å². The van der Waals surface area contributed by atoms with Gasteiger partial charge in [-0.15, -0.1) is 11.3 Å². The molecule has 27 heavy (non-hydrogen) atoms. The van der Waals surface area contributed by atoms with E-state index in [1.54, 1.807) is 0 Å². The fourth-order valence-electron chi connectivity index (χ4n) is 3.79. The Morgan fingerprint density at radius 2 is 2.07 bits per heavy atom. The zero-order valence-electron chi connectivity index (χ0n) is 15.8. The Hall–Kier alpha value is -2.06. The zero-order chi connectivity index (χ0) is 18.8. The molecule has 1 unspecified atom stereocenters. The van der Waals surface area contributed by atoms with Crippen LogP contribution in [0.5, 0.6) is 0 Å². The summed E-state index contributed by atoms with van der Waals surface area (Å²) in [6.45, 7) is 7.00. The van der Waals surface area contributed by atoms with Crippen LogP contribution in [-0.2, 0) is 4.74 Å². The van der Waals surface area contributed by atoms with Gasteiger partial charge in [0.1, 0.15) is 4.88 Å². The number of aromatic nitrogens is 3. The zero-order valence-corrected chi connectivity index (χ0v) is 16.6. The summed E-state index contributed by atoms with van der Waals surface area (Å²) in [6.07, 6.45) is 4.78. The van der Waals surface area contributed by atoms with Crippen molar-refractivity contribution in [3.8, 4) is 0 Å². The molecule has 0 radical (unpaired) electrons. The van der Waals surface area contributed by atoms with Crippen molar-refractivity contribution in [3.05, 3.63) is 33.5 Å². The molecule has 0 aromatic carbocycles. The van der Waals surface area contributed by atoms with Crippen LogP contribution in [0.3, 0.4) is 0 Å². The molecule has 0 spiro atoms. The van der Waals surface area contributed by atoms with Gasteiger partial charge in [0.15, 0.2) is 0 Å². The number of ether oxygens (including phenoxy) is 1. The predicted octanol–water partition coefficient (Wildman–Crippen LogP) is 2.45. The van der Waals surface area contributed by atoms with Gasteiger partial charge in [0, 0.05) is 50.2 Å². The number of nitrogens with one attached hydrogen (secondary N) is 1. The van der Waals surface area contributed by atoms with Crippen molar-refractivity contribution in [3.63, 3.8) is 0 Å². The summed E-state index contributed by atoms with van der Waals surface area (Å²) in [7, 11) is 0. The lowest BCUT2D eigenvalue weighted by Crippen LogP contribution is -2.37. The SMILES string of the molecule is Cc1nc(C)c(C(=O)NC2CCN(c3nccc(C4CCOCC4)n3)C2)s1. The summed E-state index contributed by atoms with van der Waals surface area (Å²) in [4.78, 5) is 29.0. The Morgan fingerprint density at radius 1 is 1.26 bits per heavy atom. The highest BCUT2D eigenvalue weighted by molar-refractivity contribution is 7.13. The Balaban J connectivity index is 1.39. The van der Waals surface area contributed by atoms with Crippen molar-refractivity contribution in [2.24, 2.45) is 0 Å². The maximum atomic E-state index is 12.5. The summed E-state index contributed by atoms with van der Waals surface area (Å²) >= 11 is 1.45. The summed E-state index contributed by atoms with van der Waals surface area (Å²) in [5.74, 6) is 1.19. The molecule has 4 heterocycles.